The normalized spacial score (nSPS) is 18.9. The molecule has 1 aliphatic heterocycles. The van der Waals surface area contributed by atoms with Crippen molar-refractivity contribution in [3.8, 4) is 0 Å². The lowest BCUT2D eigenvalue weighted by Gasteiger charge is -2.48. The van der Waals surface area contributed by atoms with E-state index in [9.17, 15) is 4.79 Å². The molecule has 0 saturated carbocycles. The summed E-state index contributed by atoms with van der Waals surface area (Å²) in [6.45, 7) is 18.0. The van der Waals surface area contributed by atoms with E-state index < -0.39 is 5.54 Å². The first-order valence-corrected chi connectivity index (χ1v) is 6.64. The Morgan fingerprint density at radius 3 is 2.00 bits per heavy atom. The van der Waals surface area contributed by atoms with Crippen LogP contribution in [0.5, 0.6) is 0 Å². The Labute approximate surface area is 116 Å². The summed E-state index contributed by atoms with van der Waals surface area (Å²) in [5, 5.41) is 0. The Kier molecular flexibility index (Phi) is 5.77. The van der Waals surface area contributed by atoms with Gasteiger partial charge in [-0.3, -0.25) is 9.69 Å². The molecule has 1 fully saturated rings. The molecular formula is C16H24N2O. The highest BCUT2D eigenvalue weighted by Gasteiger charge is 2.46. The van der Waals surface area contributed by atoms with E-state index in [2.05, 4.69) is 31.2 Å². The van der Waals surface area contributed by atoms with Crippen molar-refractivity contribution in [3.05, 3.63) is 50.6 Å². The predicted molar refractivity (Wildman–Crippen MR) is 80.9 cm³/mol. The Hall–Kier alpha value is -1.61. The molecule has 3 nitrogen and oxygen atoms in total. The van der Waals surface area contributed by atoms with E-state index in [0.29, 0.717) is 25.9 Å². The first kappa shape index (κ1) is 15.4. The van der Waals surface area contributed by atoms with Crippen LogP contribution in [0.15, 0.2) is 50.6 Å². The van der Waals surface area contributed by atoms with Gasteiger partial charge < -0.3 is 4.90 Å². The van der Waals surface area contributed by atoms with Gasteiger partial charge in [-0.2, -0.15) is 0 Å². The van der Waals surface area contributed by atoms with Crippen molar-refractivity contribution >= 4 is 5.91 Å². The third kappa shape index (κ3) is 3.04. The van der Waals surface area contributed by atoms with E-state index in [1.54, 1.807) is 6.08 Å². The van der Waals surface area contributed by atoms with Crippen LogP contribution in [0.1, 0.15) is 12.8 Å². The molecule has 1 heterocycles. The van der Waals surface area contributed by atoms with E-state index >= 15 is 0 Å². The molecule has 0 aromatic rings. The van der Waals surface area contributed by atoms with Gasteiger partial charge in [-0.1, -0.05) is 24.3 Å². The zero-order valence-corrected chi connectivity index (χ0v) is 11.7. The lowest BCUT2D eigenvalue weighted by molar-refractivity contribution is -0.150. The topological polar surface area (TPSA) is 23.6 Å². The third-order valence-electron chi connectivity index (χ3n) is 3.59. The molecular weight excluding hydrogens is 236 g/mol. The minimum absolute atomic E-state index is 0.139. The highest BCUT2D eigenvalue weighted by atomic mass is 16.2. The molecule has 19 heavy (non-hydrogen) atoms. The number of carbonyl (C=O) groups is 1. The number of piperazine rings is 1. The fourth-order valence-electron chi connectivity index (χ4n) is 2.73. The van der Waals surface area contributed by atoms with Crippen LogP contribution in [0.25, 0.3) is 0 Å². The molecule has 0 aliphatic carbocycles. The maximum atomic E-state index is 12.8. The maximum absolute atomic E-state index is 12.8. The Morgan fingerprint density at radius 2 is 1.53 bits per heavy atom. The van der Waals surface area contributed by atoms with Crippen molar-refractivity contribution in [2.75, 3.05) is 26.2 Å². The van der Waals surface area contributed by atoms with E-state index in [1.165, 1.54) is 0 Å². The molecule has 1 rings (SSSR count). The van der Waals surface area contributed by atoms with Crippen LogP contribution in [0.3, 0.4) is 0 Å². The summed E-state index contributed by atoms with van der Waals surface area (Å²) in [5.41, 5.74) is -0.557. The largest absolute Gasteiger partial charge is 0.336 e. The second kappa shape index (κ2) is 7.10. The monoisotopic (exact) mass is 260 g/mol. The Balaban J connectivity index is 3.12. The number of amides is 1. The number of hydrogen-bond donors (Lipinski definition) is 0. The lowest BCUT2D eigenvalue weighted by Crippen LogP contribution is -2.65. The van der Waals surface area contributed by atoms with Crippen LogP contribution < -0.4 is 0 Å². The molecule has 0 radical (unpaired) electrons. The summed E-state index contributed by atoms with van der Waals surface area (Å²) in [4.78, 5) is 16.9. The Morgan fingerprint density at radius 1 is 0.947 bits per heavy atom. The second-order valence-corrected chi connectivity index (χ2v) is 4.79. The highest BCUT2D eigenvalue weighted by Crippen LogP contribution is 2.31. The zero-order valence-electron chi connectivity index (χ0n) is 11.7. The second-order valence-electron chi connectivity index (χ2n) is 4.79. The van der Waals surface area contributed by atoms with Gasteiger partial charge in [0.1, 0.15) is 5.54 Å². The summed E-state index contributed by atoms with van der Waals surface area (Å²) in [7, 11) is 0. The minimum atomic E-state index is -0.557. The van der Waals surface area contributed by atoms with Gasteiger partial charge in [0, 0.05) is 26.2 Å². The van der Waals surface area contributed by atoms with Crippen molar-refractivity contribution in [2.45, 2.75) is 18.4 Å². The molecule has 104 valence electrons. The third-order valence-corrected chi connectivity index (χ3v) is 3.59. The minimum Gasteiger partial charge on any atom is -0.336 e. The van der Waals surface area contributed by atoms with Crippen molar-refractivity contribution in [3.63, 3.8) is 0 Å². The molecule has 3 heteroatoms. The molecule has 0 unspecified atom stereocenters. The number of hydrogen-bond acceptors (Lipinski definition) is 2. The van der Waals surface area contributed by atoms with Gasteiger partial charge >= 0.3 is 0 Å². The molecule has 0 spiro atoms. The molecule has 1 aliphatic rings. The molecule has 0 aromatic carbocycles. The zero-order chi connectivity index (χ0) is 14.3. The quantitative estimate of drug-likeness (QED) is 0.626. The van der Waals surface area contributed by atoms with Crippen LogP contribution >= 0.6 is 0 Å². The first-order valence-electron chi connectivity index (χ1n) is 6.64. The molecule has 0 atom stereocenters. The number of rotatable bonds is 8. The van der Waals surface area contributed by atoms with E-state index in [1.807, 2.05) is 23.1 Å². The van der Waals surface area contributed by atoms with Crippen LogP contribution in [0.2, 0.25) is 0 Å². The summed E-state index contributed by atoms with van der Waals surface area (Å²) >= 11 is 0. The van der Waals surface area contributed by atoms with Gasteiger partial charge in [-0.15, -0.1) is 26.3 Å². The van der Waals surface area contributed by atoms with Crippen molar-refractivity contribution in [1.29, 1.82) is 0 Å². The van der Waals surface area contributed by atoms with Gasteiger partial charge in [0.2, 0.25) is 5.91 Å². The highest BCUT2D eigenvalue weighted by molar-refractivity contribution is 5.88. The summed E-state index contributed by atoms with van der Waals surface area (Å²) in [6.07, 6.45) is 8.49. The molecule has 0 aromatic heterocycles. The van der Waals surface area contributed by atoms with Gasteiger partial charge in [0.15, 0.2) is 0 Å². The van der Waals surface area contributed by atoms with Gasteiger partial charge in [-0.25, -0.2) is 0 Å². The lowest BCUT2D eigenvalue weighted by atomic mass is 9.85. The van der Waals surface area contributed by atoms with Crippen LogP contribution in [-0.4, -0.2) is 47.4 Å². The van der Waals surface area contributed by atoms with E-state index in [4.69, 9.17) is 0 Å². The van der Waals surface area contributed by atoms with Crippen LogP contribution in [0, 0.1) is 0 Å². The summed E-state index contributed by atoms with van der Waals surface area (Å²) in [6, 6.07) is 0. The van der Waals surface area contributed by atoms with Gasteiger partial charge in [-0.05, 0) is 12.8 Å². The average Bonchev–Trinajstić information content (AvgIpc) is 2.39. The van der Waals surface area contributed by atoms with Crippen molar-refractivity contribution in [1.82, 2.24) is 9.80 Å². The fourth-order valence-corrected chi connectivity index (χ4v) is 2.73. The average molecular weight is 260 g/mol. The predicted octanol–water partition coefficient (Wildman–Crippen LogP) is 2.39. The van der Waals surface area contributed by atoms with Crippen LogP contribution in [-0.2, 0) is 4.79 Å². The molecule has 1 amide bonds. The Bertz CT molecular complexity index is 363. The van der Waals surface area contributed by atoms with Gasteiger partial charge in [0.05, 0.1) is 0 Å². The number of nitrogens with zero attached hydrogens (tertiary/aromatic N) is 2. The molecule has 0 bridgehead atoms. The first-order chi connectivity index (χ1) is 9.16. The summed E-state index contributed by atoms with van der Waals surface area (Å²) in [5.74, 6) is 0.139. The van der Waals surface area contributed by atoms with Crippen LogP contribution in [0.4, 0.5) is 0 Å². The smallest absolute Gasteiger partial charge is 0.244 e. The SMILES string of the molecule is C=CCN1CCN(CC=C)C(CC=C)(CC=C)C1=O. The van der Waals surface area contributed by atoms with E-state index in [-0.39, 0.29) is 5.91 Å². The fraction of sp³-hybridized carbons (Fsp3) is 0.438. The molecule has 0 N–H and O–H groups in total. The maximum Gasteiger partial charge on any atom is 0.244 e. The van der Waals surface area contributed by atoms with E-state index in [0.717, 1.165) is 13.1 Å². The van der Waals surface area contributed by atoms with Crippen molar-refractivity contribution in [2.24, 2.45) is 0 Å². The van der Waals surface area contributed by atoms with Gasteiger partial charge in [0.25, 0.3) is 0 Å². The molecule has 1 saturated heterocycles. The van der Waals surface area contributed by atoms with Crippen molar-refractivity contribution < 1.29 is 4.79 Å². The standard InChI is InChI=1S/C16H24N2O/c1-5-9-16(10-6-2)15(19)17(11-7-3)13-14-18(16)12-8-4/h5-8H,1-4,9-14H2. The number of carbonyl (C=O) groups excluding carboxylic acids is 1. The summed E-state index contributed by atoms with van der Waals surface area (Å²) < 4.78 is 0.